The van der Waals surface area contributed by atoms with E-state index in [-0.39, 0.29) is 18.6 Å². The lowest BCUT2D eigenvalue weighted by Crippen LogP contribution is -2.35. The fraction of sp³-hybridized carbons (Fsp3) is 0.314. The second kappa shape index (κ2) is 16.4. The number of aliphatic hydroxyl groups excluding tert-OH is 1. The number of aromatic nitrogens is 6. The van der Waals surface area contributed by atoms with Crippen LogP contribution in [0.2, 0.25) is 10.0 Å². The van der Waals surface area contributed by atoms with Gasteiger partial charge in [-0.2, -0.15) is 5.10 Å². The Morgan fingerprint density at radius 3 is 1.98 bits per heavy atom. The van der Waals surface area contributed by atoms with Gasteiger partial charge >= 0.3 is 0 Å². The van der Waals surface area contributed by atoms with Gasteiger partial charge in [0.25, 0.3) is 0 Å². The smallest absolute Gasteiger partial charge is 0.237 e. The molecular weight excluding hydrogens is 681 g/mol. The summed E-state index contributed by atoms with van der Waals surface area (Å²) < 4.78 is 12.9. The van der Waals surface area contributed by atoms with Gasteiger partial charge in [0.2, 0.25) is 17.7 Å². The minimum absolute atomic E-state index is 0.0313. The maximum absolute atomic E-state index is 11.5. The summed E-state index contributed by atoms with van der Waals surface area (Å²) in [5.74, 6) is 0.840. The number of carbonyl (C=O) groups is 1. The van der Waals surface area contributed by atoms with E-state index < -0.39 is 0 Å². The molecule has 0 radical (unpaired) electrons. The first-order valence-corrected chi connectivity index (χ1v) is 16.8. The summed E-state index contributed by atoms with van der Waals surface area (Å²) in [4.78, 5) is 30.2. The molecule has 4 heterocycles. The maximum Gasteiger partial charge on any atom is 0.237 e. The van der Waals surface area contributed by atoms with Crippen LogP contribution in [-0.4, -0.2) is 74.1 Å². The number of amides is 1. The number of carbonyl (C=O) groups excluding carboxylic acids is 1. The third-order valence-electron chi connectivity index (χ3n) is 8.25. The number of methoxy groups -OCH3 is 2. The Hall–Kier alpha value is -4.66. The zero-order valence-corrected chi connectivity index (χ0v) is 29.1. The van der Waals surface area contributed by atoms with E-state index in [1.165, 1.54) is 0 Å². The molecule has 5 aromatic rings. The molecule has 1 unspecified atom stereocenters. The van der Waals surface area contributed by atoms with Crippen molar-refractivity contribution < 1.29 is 19.4 Å². The van der Waals surface area contributed by atoms with Gasteiger partial charge in [0, 0.05) is 72.7 Å². The first-order valence-electron chi connectivity index (χ1n) is 16.1. The molecule has 0 spiro atoms. The zero-order chi connectivity index (χ0) is 35.0. The van der Waals surface area contributed by atoms with E-state index in [9.17, 15) is 4.79 Å². The van der Waals surface area contributed by atoms with Crippen LogP contribution in [0.4, 0.5) is 0 Å². The van der Waals surface area contributed by atoms with Crippen LogP contribution in [0.5, 0.6) is 11.8 Å². The lowest BCUT2D eigenvalue weighted by molar-refractivity contribution is -0.119. The highest BCUT2D eigenvalue weighted by Gasteiger charge is 2.21. The lowest BCUT2D eigenvalue weighted by atomic mass is 9.98. The Morgan fingerprint density at radius 1 is 0.860 bits per heavy atom. The fourth-order valence-corrected chi connectivity index (χ4v) is 6.39. The summed E-state index contributed by atoms with van der Waals surface area (Å²) >= 11 is 14.1. The van der Waals surface area contributed by atoms with E-state index in [1.807, 2.05) is 42.6 Å². The molecule has 15 heteroatoms. The van der Waals surface area contributed by atoms with E-state index in [0.717, 1.165) is 12.0 Å². The highest BCUT2D eigenvalue weighted by molar-refractivity contribution is 6.39. The molecule has 2 aromatic carbocycles. The van der Waals surface area contributed by atoms with Crippen molar-refractivity contribution in [1.82, 2.24) is 45.7 Å². The van der Waals surface area contributed by atoms with Crippen LogP contribution in [0.3, 0.4) is 0 Å². The maximum atomic E-state index is 11.5. The van der Waals surface area contributed by atoms with E-state index in [0.29, 0.717) is 106 Å². The van der Waals surface area contributed by atoms with Crippen LogP contribution in [0, 0.1) is 0 Å². The molecule has 3 aromatic heterocycles. The minimum Gasteiger partial charge on any atom is -0.480 e. The monoisotopic (exact) mass is 717 g/mol. The predicted octanol–water partition coefficient (Wildman–Crippen LogP) is 4.44. The number of hydrogen-bond acceptors (Lipinski definition) is 11. The van der Waals surface area contributed by atoms with Crippen molar-refractivity contribution in [3.05, 3.63) is 88.2 Å². The van der Waals surface area contributed by atoms with Gasteiger partial charge < -0.3 is 30.5 Å². The van der Waals surface area contributed by atoms with Crippen molar-refractivity contribution in [2.75, 3.05) is 27.4 Å². The molecule has 260 valence electrons. The fourth-order valence-electron chi connectivity index (χ4n) is 5.74. The van der Waals surface area contributed by atoms with Gasteiger partial charge in [0.05, 0.1) is 67.4 Å². The Kier molecular flexibility index (Phi) is 11.5. The topological polar surface area (TPSA) is 161 Å². The van der Waals surface area contributed by atoms with Crippen LogP contribution in [-0.2, 0) is 31.0 Å². The molecule has 0 bridgehead atoms. The van der Waals surface area contributed by atoms with Gasteiger partial charge in [-0.3, -0.25) is 19.4 Å². The molecule has 0 saturated carbocycles. The van der Waals surface area contributed by atoms with E-state index >= 15 is 0 Å². The molecule has 1 fully saturated rings. The Labute approximate surface area is 299 Å². The van der Waals surface area contributed by atoms with Crippen molar-refractivity contribution in [3.8, 4) is 45.4 Å². The number of nitrogens with one attached hydrogen (secondary N) is 3. The van der Waals surface area contributed by atoms with Crippen molar-refractivity contribution in [2.24, 2.45) is 0 Å². The first kappa shape index (κ1) is 35.2. The summed E-state index contributed by atoms with van der Waals surface area (Å²) in [6, 6.07) is 11.4. The van der Waals surface area contributed by atoms with Crippen LogP contribution in [0.15, 0.2) is 61.2 Å². The molecule has 1 aliphatic rings. The number of aliphatic hydroxyl groups is 1. The van der Waals surface area contributed by atoms with Gasteiger partial charge in [-0.15, -0.1) is 0 Å². The minimum atomic E-state index is 0.0313. The largest absolute Gasteiger partial charge is 0.480 e. The van der Waals surface area contributed by atoms with Crippen LogP contribution >= 0.6 is 23.2 Å². The number of nitrogens with zero attached hydrogens (tertiary/aromatic N) is 6. The molecule has 1 saturated heterocycles. The standard InChI is InChI=1S/C35H37Cl2N9O4/c1-49-34-29(16-38-13-21-14-42-46(20-21)11-12-47)40-18-27(44-34)25-7-3-5-23(32(25)36)24-6-4-8-26(33(24)37)28-19-41-30(35(45-28)50-2)17-39-15-22-9-10-31(48)43-22/h3-8,14,18-20,22,38-39,47H,9-13,15-17H2,1-2H3,(H,43,48). The third kappa shape index (κ3) is 8.03. The van der Waals surface area contributed by atoms with E-state index in [4.69, 9.17) is 47.8 Å². The number of ether oxygens (including phenoxy) is 2. The molecule has 4 N–H and O–H groups in total. The SMILES string of the molecule is COc1nc(-c2cccc(-c3cccc(-c4cnc(CNCC5CCC(=O)N5)c(OC)n4)c3Cl)c2Cl)cnc1CNCc1cnn(CCO)c1. The summed E-state index contributed by atoms with van der Waals surface area (Å²) in [5, 5.41) is 23.9. The molecule has 6 rings (SSSR count). The van der Waals surface area contributed by atoms with Gasteiger partial charge in [0.1, 0.15) is 11.4 Å². The molecule has 1 aliphatic heterocycles. The normalized spacial score (nSPS) is 14.2. The average Bonchev–Trinajstić information content (AvgIpc) is 3.77. The van der Waals surface area contributed by atoms with Gasteiger partial charge in [-0.1, -0.05) is 59.6 Å². The Bertz CT molecular complexity index is 1970. The third-order valence-corrected chi connectivity index (χ3v) is 9.07. The quantitative estimate of drug-likeness (QED) is 0.121. The molecule has 1 atom stereocenters. The van der Waals surface area contributed by atoms with Gasteiger partial charge in [0.15, 0.2) is 0 Å². The number of halogens is 2. The second-order valence-corrected chi connectivity index (χ2v) is 12.4. The average molecular weight is 719 g/mol. The molecule has 50 heavy (non-hydrogen) atoms. The predicted molar refractivity (Wildman–Crippen MR) is 190 cm³/mol. The Morgan fingerprint density at radius 2 is 1.44 bits per heavy atom. The molecule has 0 aliphatic carbocycles. The van der Waals surface area contributed by atoms with Crippen LogP contribution in [0.25, 0.3) is 33.6 Å². The highest BCUT2D eigenvalue weighted by Crippen LogP contribution is 2.42. The lowest BCUT2D eigenvalue weighted by Gasteiger charge is -2.15. The highest BCUT2D eigenvalue weighted by atomic mass is 35.5. The van der Waals surface area contributed by atoms with Crippen molar-refractivity contribution in [3.63, 3.8) is 0 Å². The number of hydrogen-bond donors (Lipinski definition) is 4. The molecule has 1 amide bonds. The van der Waals surface area contributed by atoms with Crippen molar-refractivity contribution in [1.29, 1.82) is 0 Å². The van der Waals surface area contributed by atoms with Gasteiger partial charge in [-0.25, -0.2) is 9.97 Å². The van der Waals surface area contributed by atoms with Crippen molar-refractivity contribution >= 4 is 29.1 Å². The van der Waals surface area contributed by atoms with Crippen LogP contribution < -0.4 is 25.4 Å². The van der Waals surface area contributed by atoms with E-state index in [1.54, 1.807) is 37.5 Å². The summed E-state index contributed by atoms with van der Waals surface area (Å²) in [6.45, 7) is 2.53. The summed E-state index contributed by atoms with van der Waals surface area (Å²) in [6.07, 6.45) is 8.34. The molecule has 13 nitrogen and oxygen atoms in total. The number of rotatable bonds is 15. The number of benzene rings is 2. The first-order chi connectivity index (χ1) is 24.4. The van der Waals surface area contributed by atoms with Crippen molar-refractivity contribution in [2.45, 2.75) is 45.1 Å². The summed E-state index contributed by atoms with van der Waals surface area (Å²) in [7, 11) is 3.10. The molecular formula is C35H37Cl2N9O4. The summed E-state index contributed by atoms with van der Waals surface area (Å²) in [5.41, 5.74) is 6.13. The Balaban J connectivity index is 1.19. The van der Waals surface area contributed by atoms with Gasteiger partial charge in [-0.05, 0) is 6.42 Å². The van der Waals surface area contributed by atoms with E-state index in [2.05, 4.69) is 31.0 Å². The zero-order valence-electron chi connectivity index (χ0n) is 27.6. The second-order valence-electron chi connectivity index (χ2n) is 11.6. The van der Waals surface area contributed by atoms with Crippen LogP contribution in [0.1, 0.15) is 29.8 Å².